The number of methoxy groups -OCH3 is 1. The maximum atomic E-state index is 12.8. The van der Waals surface area contributed by atoms with Gasteiger partial charge in [-0.05, 0) is 48.5 Å². The van der Waals surface area contributed by atoms with Gasteiger partial charge in [-0.2, -0.15) is 5.10 Å². The van der Waals surface area contributed by atoms with Gasteiger partial charge < -0.3 is 15.0 Å². The van der Waals surface area contributed by atoms with Gasteiger partial charge in [-0.3, -0.25) is 5.10 Å². The second-order valence-electron chi connectivity index (χ2n) is 7.99. The van der Waals surface area contributed by atoms with Gasteiger partial charge in [0.1, 0.15) is 0 Å². The van der Waals surface area contributed by atoms with E-state index in [1.165, 1.54) is 11.8 Å². The minimum Gasteiger partial charge on any atom is -0.490 e. The first-order chi connectivity index (χ1) is 16.7. The molecule has 0 bridgehead atoms. The molecule has 35 heavy (non-hydrogen) atoms. The molecule has 2 N–H and O–H groups in total. The number of benzene rings is 2. The summed E-state index contributed by atoms with van der Waals surface area (Å²) < 4.78 is 31.2. The van der Waals surface area contributed by atoms with Crippen LogP contribution in [0.25, 0.3) is 0 Å². The first kappa shape index (κ1) is 24.6. The number of nitrogens with zero attached hydrogens (tertiary/aromatic N) is 4. The van der Waals surface area contributed by atoms with Crippen LogP contribution in [0, 0.1) is 6.92 Å². The summed E-state index contributed by atoms with van der Waals surface area (Å²) in [4.78, 5) is 12.2. The molecule has 9 nitrogen and oxygen atoms in total. The van der Waals surface area contributed by atoms with Crippen LogP contribution in [0.4, 0.5) is 17.5 Å². The van der Waals surface area contributed by atoms with Crippen molar-refractivity contribution in [2.24, 2.45) is 0 Å². The van der Waals surface area contributed by atoms with Crippen LogP contribution in [-0.4, -0.2) is 49.8 Å². The lowest BCUT2D eigenvalue weighted by Crippen LogP contribution is -2.14. The third kappa shape index (κ3) is 5.92. The van der Waals surface area contributed by atoms with E-state index in [-0.39, 0.29) is 10.6 Å². The standard InChI is InChI=1S/C24H26N6O3S2/c1-16-14-20(29-28-16)25-22-21(33-4)23(30(2)3)27-24(26-22)34-18-10-12-19(13-11-18)35(31,32)15-17-8-6-5-7-9-17/h5-14H,15H2,1-4H3,(H2,25,26,27,28,29). The van der Waals surface area contributed by atoms with Crippen LogP contribution < -0.4 is 15.0 Å². The molecular formula is C24H26N6O3S2. The fourth-order valence-corrected chi connectivity index (χ4v) is 5.44. The van der Waals surface area contributed by atoms with Crippen LogP contribution in [0.5, 0.6) is 5.75 Å². The Kier molecular flexibility index (Phi) is 7.27. The highest BCUT2D eigenvalue weighted by atomic mass is 32.2. The quantitative estimate of drug-likeness (QED) is 0.315. The van der Waals surface area contributed by atoms with Gasteiger partial charge in [0.15, 0.2) is 32.4 Å². The van der Waals surface area contributed by atoms with E-state index in [4.69, 9.17) is 4.74 Å². The summed E-state index contributed by atoms with van der Waals surface area (Å²) >= 11 is 1.32. The van der Waals surface area contributed by atoms with Gasteiger partial charge in [0.2, 0.25) is 5.75 Å². The second-order valence-corrected chi connectivity index (χ2v) is 11.0. The third-order valence-electron chi connectivity index (χ3n) is 5.00. The number of ether oxygens (including phenoxy) is 1. The molecule has 0 saturated heterocycles. The second kappa shape index (κ2) is 10.4. The van der Waals surface area contributed by atoms with Crippen molar-refractivity contribution in [3.63, 3.8) is 0 Å². The molecule has 4 aromatic rings. The molecule has 0 fully saturated rings. The van der Waals surface area contributed by atoms with Crippen molar-refractivity contribution in [2.75, 3.05) is 31.4 Å². The van der Waals surface area contributed by atoms with Crippen molar-refractivity contribution in [1.82, 2.24) is 20.2 Å². The molecule has 0 aliphatic carbocycles. The molecule has 0 amide bonds. The smallest absolute Gasteiger partial charge is 0.204 e. The minimum absolute atomic E-state index is 0.0458. The first-order valence-corrected chi connectivity index (χ1v) is 13.2. The predicted molar refractivity (Wildman–Crippen MR) is 137 cm³/mol. The summed E-state index contributed by atoms with van der Waals surface area (Å²) in [7, 11) is 1.85. The summed E-state index contributed by atoms with van der Waals surface area (Å²) in [6, 6.07) is 17.7. The molecule has 0 unspecified atom stereocenters. The fraction of sp³-hybridized carbons (Fsp3) is 0.208. The number of rotatable bonds is 9. The Morgan fingerprint density at radius 3 is 2.37 bits per heavy atom. The van der Waals surface area contributed by atoms with Crippen LogP contribution in [0.15, 0.2) is 75.6 Å². The molecule has 0 spiro atoms. The van der Waals surface area contributed by atoms with Crippen molar-refractivity contribution in [2.45, 2.75) is 27.6 Å². The third-order valence-corrected chi connectivity index (χ3v) is 7.58. The SMILES string of the molecule is COc1c(Nc2cc(C)[nH]n2)nc(Sc2ccc(S(=O)(=O)Cc3ccccc3)cc2)nc1N(C)C. The van der Waals surface area contributed by atoms with E-state index in [0.717, 1.165) is 16.2 Å². The van der Waals surface area contributed by atoms with Crippen LogP contribution in [-0.2, 0) is 15.6 Å². The molecule has 182 valence electrons. The number of hydrogen-bond donors (Lipinski definition) is 2. The molecule has 0 aliphatic heterocycles. The molecule has 2 heterocycles. The molecule has 4 rings (SSSR count). The monoisotopic (exact) mass is 510 g/mol. The number of aryl methyl sites for hydroxylation is 1. The molecular weight excluding hydrogens is 484 g/mol. The summed E-state index contributed by atoms with van der Waals surface area (Å²) in [5.74, 6) is 2.12. The predicted octanol–water partition coefficient (Wildman–Crippen LogP) is 4.45. The summed E-state index contributed by atoms with van der Waals surface area (Å²) in [5, 5.41) is 10.8. The Labute approximate surface area is 208 Å². The van der Waals surface area contributed by atoms with Gasteiger partial charge in [0.05, 0.1) is 17.8 Å². The number of nitrogens with one attached hydrogen (secondary N) is 2. The number of sulfone groups is 1. The van der Waals surface area contributed by atoms with Gasteiger partial charge in [-0.1, -0.05) is 30.3 Å². The minimum atomic E-state index is -3.45. The van der Waals surface area contributed by atoms with Gasteiger partial charge in [0.25, 0.3) is 0 Å². The topological polar surface area (TPSA) is 113 Å². The largest absolute Gasteiger partial charge is 0.490 e. The maximum absolute atomic E-state index is 12.8. The van der Waals surface area contributed by atoms with E-state index in [1.807, 2.05) is 50.2 Å². The zero-order valence-electron chi connectivity index (χ0n) is 19.8. The average molecular weight is 511 g/mol. The lowest BCUT2D eigenvalue weighted by molar-refractivity contribution is 0.412. The molecule has 2 aromatic carbocycles. The van der Waals surface area contributed by atoms with Crippen molar-refractivity contribution in [3.05, 3.63) is 71.9 Å². The van der Waals surface area contributed by atoms with E-state index in [2.05, 4.69) is 25.5 Å². The Balaban J connectivity index is 1.59. The molecule has 0 radical (unpaired) electrons. The van der Waals surface area contributed by atoms with E-state index in [0.29, 0.717) is 28.4 Å². The summed E-state index contributed by atoms with van der Waals surface area (Å²) in [5.41, 5.74) is 1.66. The lowest BCUT2D eigenvalue weighted by atomic mass is 10.2. The van der Waals surface area contributed by atoms with Crippen molar-refractivity contribution >= 4 is 39.1 Å². The van der Waals surface area contributed by atoms with Gasteiger partial charge in [-0.15, -0.1) is 0 Å². The zero-order valence-corrected chi connectivity index (χ0v) is 21.4. The van der Waals surface area contributed by atoms with Gasteiger partial charge >= 0.3 is 0 Å². The number of H-pyrrole nitrogens is 1. The lowest BCUT2D eigenvalue weighted by Gasteiger charge is -2.18. The van der Waals surface area contributed by atoms with Gasteiger partial charge in [0, 0.05) is 30.8 Å². The summed E-state index contributed by atoms with van der Waals surface area (Å²) in [6.07, 6.45) is 0. The number of aromatic nitrogens is 4. The number of aromatic amines is 1. The van der Waals surface area contributed by atoms with Crippen molar-refractivity contribution in [3.8, 4) is 5.75 Å². The highest BCUT2D eigenvalue weighted by Gasteiger charge is 2.19. The van der Waals surface area contributed by atoms with Gasteiger partial charge in [-0.25, -0.2) is 18.4 Å². The molecule has 2 aromatic heterocycles. The molecule has 11 heteroatoms. The Morgan fingerprint density at radius 1 is 1.06 bits per heavy atom. The van der Waals surface area contributed by atoms with Crippen LogP contribution in [0.2, 0.25) is 0 Å². The van der Waals surface area contributed by atoms with Crippen molar-refractivity contribution in [1.29, 1.82) is 0 Å². The highest BCUT2D eigenvalue weighted by molar-refractivity contribution is 7.99. The Morgan fingerprint density at radius 2 is 1.77 bits per heavy atom. The van der Waals surface area contributed by atoms with E-state index < -0.39 is 9.84 Å². The maximum Gasteiger partial charge on any atom is 0.204 e. The van der Waals surface area contributed by atoms with Crippen LogP contribution in [0.3, 0.4) is 0 Å². The normalized spacial score (nSPS) is 11.3. The zero-order chi connectivity index (χ0) is 25.0. The fourth-order valence-electron chi connectivity index (χ4n) is 3.34. The molecule has 0 atom stereocenters. The number of anilines is 3. The summed E-state index contributed by atoms with van der Waals surface area (Å²) in [6.45, 7) is 1.91. The van der Waals surface area contributed by atoms with Crippen molar-refractivity contribution < 1.29 is 13.2 Å². The first-order valence-electron chi connectivity index (χ1n) is 10.7. The van der Waals surface area contributed by atoms with E-state index >= 15 is 0 Å². The van der Waals surface area contributed by atoms with Crippen LogP contribution >= 0.6 is 11.8 Å². The van der Waals surface area contributed by atoms with E-state index in [1.54, 1.807) is 43.5 Å². The van der Waals surface area contributed by atoms with Crippen LogP contribution in [0.1, 0.15) is 11.3 Å². The Hall–Kier alpha value is -3.57. The number of hydrogen-bond acceptors (Lipinski definition) is 9. The molecule has 0 saturated carbocycles. The van der Waals surface area contributed by atoms with E-state index in [9.17, 15) is 8.42 Å². The Bertz CT molecular complexity index is 1410. The molecule has 0 aliphatic rings. The highest BCUT2D eigenvalue weighted by Crippen LogP contribution is 2.37. The average Bonchev–Trinajstić information content (AvgIpc) is 3.24.